The monoisotopic (exact) mass is 554 g/mol. The molecule has 11 heteroatoms. The minimum atomic E-state index is -4.51. The summed E-state index contributed by atoms with van der Waals surface area (Å²) in [5.74, 6) is -1.88. The lowest BCUT2D eigenvalue weighted by Crippen LogP contribution is -2.45. The van der Waals surface area contributed by atoms with Gasteiger partial charge in [-0.2, -0.15) is 8.42 Å². The fourth-order valence-corrected chi connectivity index (χ4v) is 6.88. The molecule has 2 aromatic carbocycles. The highest BCUT2D eigenvalue weighted by Crippen LogP contribution is 2.45. The molecule has 1 N–H and O–H groups in total. The largest absolute Gasteiger partial charge is 0.387 e. The Hall–Kier alpha value is -1.60. The number of benzene rings is 2. The lowest BCUT2D eigenvalue weighted by atomic mass is 10.0. The van der Waals surface area contributed by atoms with Gasteiger partial charge in [-0.15, -0.1) is 0 Å². The van der Waals surface area contributed by atoms with Crippen LogP contribution < -0.4 is 0 Å². The quantitative estimate of drug-likeness (QED) is 0.510. The molecule has 0 spiro atoms. The van der Waals surface area contributed by atoms with Crippen LogP contribution >= 0.6 is 11.6 Å². The predicted octanol–water partition coefficient (Wildman–Crippen LogP) is 3.86. The summed E-state index contributed by atoms with van der Waals surface area (Å²) < 4.78 is 63.5. The van der Waals surface area contributed by atoms with Crippen LogP contribution in [0.3, 0.4) is 0 Å². The molecule has 0 bridgehead atoms. The zero-order valence-electron chi connectivity index (χ0n) is 20.9. The molecule has 202 valence electrons. The number of hydrogen-bond acceptors (Lipinski definition) is 9. The van der Waals surface area contributed by atoms with E-state index in [0.29, 0.717) is 5.56 Å². The van der Waals surface area contributed by atoms with Crippen molar-refractivity contribution in [2.24, 2.45) is 0 Å². The molecule has 3 aliphatic heterocycles. The van der Waals surface area contributed by atoms with Crippen molar-refractivity contribution < 1.29 is 41.4 Å². The summed E-state index contributed by atoms with van der Waals surface area (Å²) in [5, 5.41) is 10.1. The topological polar surface area (TPSA) is 110 Å². The maximum atomic E-state index is 14.0. The van der Waals surface area contributed by atoms with Gasteiger partial charge in [0, 0.05) is 10.6 Å². The Labute approximate surface area is 221 Å². The first kappa shape index (κ1) is 27.0. The fraction of sp³-hybridized carbons (Fsp3) is 0.538. The van der Waals surface area contributed by atoms with E-state index >= 15 is 0 Å². The van der Waals surface area contributed by atoms with E-state index in [1.54, 1.807) is 82.3 Å². The second-order valence-corrected chi connectivity index (χ2v) is 12.4. The summed E-state index contributed by atoms with van der Waals surface area (Å²) >= 11 is 6.33. The second kappa shape index (κ2) is 9.86. The first-order chi connectivity index (χ1) is 17.4. The minimum absolute atomic E-state index is 0.171. The van der Waals surface area contributed by atoms with E-state index in [2.05, 4.69) is 0 Å². The molecule has 2 aromatic rings. The zero-order valence-corrected chi connectivity index (χ0v) is 22.5. The van der Waals surface area contributed by atoms with Gasteiger partial charge in [0.05, 0.1) is 6.61 Å². The molecule has 5 rings (SSSR count). The Balaban J connectivity index is 1.50. The first-order valence-corrected chi connectivity index (χ1v) is 13.9. The van der Waals surface area contributed by atoms with Crippen molar-refractivity contribution in [2.75, 3.05) is 6.61 Å². The summed E-state index contributed by atoms with van der Waals surface area (Å²) in [6.45, 7) is 7.11. The summed E-state index contributed by atoms with van der Waals surface area (Å²) in [6, 6.07) is 14.9. The van der Waals surface area contributed by atoms with Gasteiger partial charge in [-0.3, -0.25) is 4.18 Å². The maximum Gasteiger partial charge on any atom is 0.277 e. The summed E-state index contributed by atoms with van der Waals surface area (Å²) in [7, 11) is -4.51. The molecule has 37 heavy (non-hydrogen) atoms. The third-order valence-corrected chi connectivity index (χ3v) is 8.61. The Morgan fingerprint density at radius 3 is 2.27 bits per heavy atom. The molecule has 3 fully saturated rings. The molecule has 0 amide bonds. The van der Waals surface area contributed by atoms with E-state index in [4.69, 9.17) is 39.5 Å². The van der Waals surface area contributed by atoms with Gasteiger partial charge in [0.1, 0.15) is 35.8 Å². The van der Waals surface area contributed by atoms with Crippen molar-refractivity contribution in [3.8, 4) is 0 Å². The molecule has 0 aliphatic carbocycles. The molecule has 0 aromatic heterocycles. The van der Waals surface area contributed by atoms with E-state index in [0.717, 1.165) is 0 Å². The van der Waals surface area contributed by atoms with Crippen molar-refractivity contribution in [1.82, 2.24) is 0 Å². The van der Waals surface area contributed by atoms with Crippen LogP contribution in [0.4, 0.5) is 0 Å². The van der Waals surface area contributed by atoms with Gasteiger partial charge >= 0.3 is 0 Å². The van der Waals surface area contributed by atoms with Crippen LogP contribution in [0.15, 0.2) is 54.6 Å². The number of aliphatic hydroxyl groups excluding tert-OH is 1. The minimum Gasteiger partial charge on any atom is -0.387 e. The van der Waals surface area contributed by atoms with E-state index in [1.165, 1.54) is 0 Å². The molecule has 7 atom stereocenters. The van der Waals surface area contributed by atoms with Gasteiger partial charge in [0.2, 0.25) is 0 Å². The van der Waals surface area contributed by atoms with E-state index in [1.807, 2.05) is 0 Å². The van der Waals surface area contributed by atoms with Gasteiger partial charge in [-0.25, -0.2) is 0 Å². The van der Waals surface area contributed by atoms with Gasteiger partial charge in [0.25, 0.3) is 10.1 Å². The highest BCUT2D eigenvalue weighted by atomic mass is 35.5. The van der Waals surface area contributed by atoms with Crippen LogP contribution in [0.2, 0.25) is 5.02 Å². The Bertz CT molecular complexity index is 1220. The number of fused-ring (bicyclic) bond motifs is 1. The molecule has 9 nitrogen and oxygen atoms in total. The predicted molar refractivity (Wildman–Crippen MR) is 133 cm³/mol. The smallest absolute Gasteiger partial charge is 0.277 e. The Morgan fingerprint density at radius 2 is 1.62 bits per heavy atom. The average Bonchev–Trinajstić information content (AvgIpc) is 3.43. The van der Waals surface area contributed by atoms with Gasteiger partial charge in [0.15, 0.2) is 17.9 Å². The molecule has 0 radical (unpaired) electrons. The van der Waals surface area contributed by atoms with Crippen LogP contribution in [0, 0.1) is 0 Å². The van der Waals surface area contributed by atoms with Crippen molar-refractivity contribution in [3.05, 3.63) is 70.7 Å². The Kier molecular flexibility index (Phi) is 7.19. The van der Waals surface area contributed by atoms with E-state index in [9.17, 15) is 13.5 Å². The molecule has 0 saturated carbocycles. The summed E-state index contributed by atoms with van der Waals surface area (Å²) in [5.41, 5.74) is 0.602. The third kappa shape index (κ3) is 5.45. The first-order valence-electron chi connectivity index (χ1n) is 12.1. The van der Waals surface area contributed by atoms with Crippen LogP contribution in [0.1, 0.15) is 50.2 Å². The van der Waals surface area contributed by atoms with Gasteiger partial charge < -0.3 is 28.8 Å². The number of hydrogen-bond donors (Lipinski definition) is 1. The van der Waals surface area contributed by atoms with Crippen LogP contribution in [-0.4, -0.2) is 62.4 Å². The van der Waals surface area contributed by atoms with Crippen LogP contribution in [0.5, 0.6) is 0 Å². The molecule has 3 heterocycles. The van der Waals surface area contributed by atoms with E-state index < -0.39 is 63.8 Å². The Morgan fingerprint density at radius 1 is 0.946 bits per heavy atom. The fourth-order valence-electron chi connectivity index (χ4n) is 5.03. The zero-order chi connectivity index (χ0) is 26.6. The van der Waals surface area contributed by atoms with Gasteiger partial charge in [-0.05, 0) is 39.3 Å². The van der Waals surface area contributed by atoms with Crippen molar-refractivity contribution in [1.29, 1.82) is 0 Å². The normalized spacial score (nSPS) is 32.2. The molecule has 3 aliphatic rings. The number of aliphatic hydroxyl groups is 1. The van der Waals surface area contributed by atoms with Crippen molar-refractivity contribution in [2.45, 2.75) is 81.3 Å². The van der Waals surface area contributed by atoms with Crippen LogP contribution in [0.25, 0.3) is 0 Å². The highest BCUT2D eigenvalue weighted by Gasteiger charge is 2.60. The SMILES string of the molecule is CC1(C)O[C@H]2O[C@H]([C@H]3COC(C)(C)O3)[C@@H](OS(=O)(=O)[C@@H](c3ccccc3)[C@H](O)c3ccccc3Cl)[C@H]2O1. The molecule has 0 unspecified atom stereocenters. The standard InChI is InChI=1S/C26H31ClO9S/c1-25(2)31-14-18(33-25)20-21(22-24(32-20)35-26(3,4)34-22)36-37(29,30)23(15-10-6-5-7-11-15)19(28)16-12-8-9-13-17(16)27/h5-13,18-24,28H,14H2,1-4H3/t18-,19-,20-,21-,22-,23+,24-/m1/s1. The highest BCUT2D eigenvalue weighted by molar-refractivity contribution is 7.87. The second-order valence-electron chi connectivity index (χ2n) is 10.3. The van der Waals surface area contributed by atoms with Crippen LogP contribution in [-0.2, 0) is 38.0 Å². The molecular weight excluding hydrogens is 524 g/mol. The summed E-state index contributed by atoms with van der Waals surface area (Å²) in [6.07, 6.45) is -5.84. The average molecular weight is 555 g/mol. The van der Waals surface area contributed by atoms with Crippen molar-refractivity contribution in [3.63, 3.8) is 0 Å². The van der Waals surface area contributed by atoms with Gasteiger partial charge in [-0.1, -0.05) is 60.1 Å². The van der Waals surface area contributed by atoms with Crippen molar-refractivity contribution >= 4 is 21.7 Å². The summed E-state index contributed by atoms with van der Waals surface area (Å²) in [4.78, 5) is 0. The number of halogens is 1. The number of ether oxygens (including phenoxy) is 5. The lowest BCUT2D eigenvalue weighted by Gasteiger charge is -2.31. The third-order valence-electron chi connectivity index (χ3n) is 6.62. The number of rotatable bonds is 7. The molecule has 3 saturated heterocycles. The molecular formula is C26H31ClO9S. The lowest BCUT2D eigenvalue weighted by molar-refractivity contribution is -0.230. The van der Waals surface area contributed by atoms with E-state index in [-0.39, 0.29) is 17.2 Å². The maximum absolute atomic E-state index is 14.0.